The highest BCUT2D eigenvalue weighted by Gasteiger charge is 2.11. The molecule has 0 aliphatic rings. The van der Waals surface area contributed by atoms with Crippen LogP contribution in [0.1, 0.15) is 33.0 Å². The molecule has 0 atom stereocenters. The highest BCUT2D eigenvalue weighted by molar-refractivity contribution is 7.15. The van der Waals surface area contributed by atoms with E-state index in [0.29, 0.717) is 5.56 Å². The van der Waals surface area contributed by atoms with Crippen LogP contribution in [0.25, 0.3) is 4.96 Å². The Bertz CT molecular complexity index is 876. The number of carbonyl (C=O) groups excluding carboxylic acids is 1. The number of aromatic nitrogens is 2. The molecule has 5 nitrogen and oxygen atoms in total. The smallest absolute Gasteiger partial charge is 0.271 e. The lowest BCUT2D eigenvalue weighted by molar-refractivity contribution is 0.0954. The van der Waals surface area contributed by atoms with Gasteiger partial charge in [-0.25, -0.2) is 10.4 Å². The number of hydrogen-bond donors (Lipinski definition) is 1. The van der Waals surface area contributed by atoms with Gasteiger partial charge in [-0.3, -0.25) is 9.20 Å². The van der Waals surface area contributed by atoms with E-state index in [1.54, 1.807) is 23.6 Å². The molecule has 112 valence electrons. The van der Waals surface area contributed by atoms with E-state index in [4.69, 9.17) is 0 Å². The van der Waals surface area contributed by atoms with Crippen molar-refractivity contribution in [1.29, 1.82) is 0 Å². The van der Waals surface area contributed by atoms with Crippen molar-refractivity contribution in [3.63, 3.8) is 0 Å². The van der Waals surface area contributed by atoms with Crippen LogP contribution >= 0.6 is 11.3 Å². The number of amides is 1. The van der Waals surface area contributed by atoms with Crippen molar-refractivity contribution in [2.24, 2.45) is 5.10 Å². The molecule has 0 aliphatic heterocycles. The molecule has 0 radical (unpaired) electrons. The van der Waals surface area contributed by atoms with Gasteiger partial charge in [-0.1, -0.05) is 18.2 Å². The van der Waals surface area contributed by atoms with Gasteiger partial charge in [0.2, 0.25) is 0 Å². The maximum absolute atomic E-state index is 12.1. The number of carbonyl (C=O) groups is 1. The third-order valence-corrected chi connectivity index (χ3v) is 4.44. The van der Waals surface area contributed by atoms with Gasteiger partial charge in [0.1, 0.15) is 0 Å². The van der Waals surface area contributed by atoms with Gasteiger partial charge in [0.15, 0.2) is 4.96 Å². The van der Waals surface area contributed by atoms with Crippen molar-refractivity contribution < 1.29 is 4.79 Å². The number of rotatable bonds is 3. The minimum Gasteiger partial charge on any atom is -0.286 e. The highest BCUT2D eigenvalue weighted by Crippen LogP contribution is 2.19. The third-order valence-electron chi connectivity index (χ3n) is 3.50. The fourth-order valence-corrected chi connectivity index (χ4v) is 3.24. The van der Waals surface area contributed by atoms with Gasteiger partial charge in [0.05, 0.1) is 17.6 Å². The summed E-state index contributed by atoms with van der Waals surface area (Å²) in [6.45, 7) is 5.86. The summed E-state index contributed by atoms with van der Waals surface area (Å²) in [6.07, 6.45) is 1.64. The van der Waals surface area contributed by atoms with Crippen molar-refractivity contribution >= 4 is 28.4 Å². The van der Waals surface area contributed by atoms with Gasteiger partial charge in [0, 0.05) is 16.6 Å². The molecule has 0 bridgehead atoms. The lowest BCUT2D eigenvalue weighted by Gasteiger charge is -2.03. The van der Waals surface area contributed by atoms with E-state index in [9.17, 15) is 4.79 Å². The molecule has 3 aromatic rings. The SMILES string of the molecule is Cc1ccccc1C(=O)N/N=C\c1c(C)nc2scc(C)n12. The van der Waals surface area contributed by atoms with E-state index < -0.39 is 0 Å². The lowest BCUT2D eigenvalue weighted by atomic mass is 10.1. The Hall–Kier alpha value is -2.47. The zero-order chi connectivity index (χ0) is 15.7. The summed E-state index contributed by atoms with van der Waals surface area (Å²) in [4.78, 5) is 17.5. The molecule has 1 N–H and O–H groups in total. The van der Waals surface area contributed by atoms with Crippen LogP contribution in [0, 0.1) is 20.8 Å². The first-order chi connectivity index (χ1) is 10.6. The van der Waals surface area contributed by atoms with Gasteiger partial charge >= 0.3 is 0 Å². The fourth-order valence-electron chi connectivity index (χ4n) is 2.32. The van der Waals surface area contributed by atoms with E-state index in [-0.39, 0.29) is 5.91 Å². The average Bonchev–Trinajstić information content (AvgIpc) is 3.00. The van der Waals surface area contributed by atoms with Crippen LogP contribution in [0.5, 0.6) is 0 Å². The summed E-state index contributed by atoms with van der Waals surface area (Å²) < 4.78 is 2.03. The average molecular weight is 312 g/mol. The molecule has 0 saturated carbocycles. The van der Waals surface area contributed by atoms with Crippen LogP contribution in [0.3, 0.4) is 0 Å². The molecule has 1 amide bonds. The Morgan fingerprint density at radius 2 is 2.09 bits per heavy atom. The Kier molecular flexibility index (Phi) is 3.77. The maximum atomic E-state index is 12.1. The lowest BCUT2D eigenvalue weighted by Crippen LogP contribution is -2.18. The first-order valence-corrected chi connectivity index (χ1v) is 7.78. The molecule has 1 aromatic carbocycles. The van der Waals surface area contributed by atoms with E-state index in [2.05, 4.69) is 15.5 Å². The van der Waals surface area contributed by atoms with Crippen LogP contribution in [0.15, 0.2) is 34.7 Å². The molecule has 6 heteroatoms. The van der Waals surface area contributed by atoms with Gasteiger partial charge < -0.3 is 0 Å². The first-order valence-electron chi connectivity index (χ1n) is 6.90. The van der Waals surface area contributed by atoms with Crippen LogP contribution in [0.4, 0.5) is 0 Å². The molecular formula is C16H16N4OS. The molecule has 0 saturated heterocycles. The van der Waals surface area contributed by atoms with Gasteiger partial charge in [0.25, 0.3) is 5.91 Å². The van der Waals surface area contributed by atoms with E-state index in [1.165, 1.54) is 0 Å². The second-order valence-corrected chi connectivity index (χ2v) is 5.93. The molecule has 0 fully saturated rings. The van der Waals surface area contributed by atoms with Crippen LogP contribution < -0.4 is 5.43 Å². The van der Waals surface area contributed by atoms with Crippen molar-refractivity contribution in [3.8, 4) is 0 Å². The summed E-state index contributed by atoms with van der Waals surface area (Å²) in [6, 6.07) is 7.43. The zero-order valence-electron chi connectivity index (χ0n) is 12.6. The Balaban J connectivity index is 1.82. The van der Waals surface area contributed by atoms with Crippen molar-refractivity contribution in [1.82, 2.24) is 14.8 Å². The largest absolute Gasteiger partial charge is 0.286 e. The predicted molar refractivity (Wildman–Crippen MR) is 88.8 cm³/mol. The maximum Gasteiger partial charge on any atom is 0.271 e. The summed E-state index contributed by atoms with van der Waals surface area (Å²) in [5.74, 6) is -0.213. The number of hydrogen-bond acceptors (Lipinski definition) is 4. The van der Waals surface area contributed by atoms with Crippen LogP contribution in [-0.2, 0) is 0 Å². The second kappa shape index (κ2) is 5.73. The van der Waals surface area contributed by atoms with Crippen molar-refractivity contribution in [2.75, 3.05) is 0 Å². The number of imidazole rings is 1. The van der Waals surface area contributed by atoms with Gasteiger partial charge in [-0.2, -0.15) is 5.10 Å². The minimum atomic E-state index is -0.213. The number of hydrazone groups is 1. The van der Waals surface area contributed by atoms with Crippen LogP contribution in [0.2, 0.25) is 0 Å². The summed E-state index contributed by atoms with van der Waals surface area (Å²) in [5.41, 5.74) is 7.01. The Morgan fingerprint density at radius 1 is 1.32 bits per heavy atom. The predicted octanol–water partition coefficient (Wildman–Crippen LogP) is 3.08. The van der Waals surface area contributed by atoms with E-state index in [1.807, 2.05) is 48.8 Å². The Morgan fingerprint density at radius 3 is 2.86 bits per heavy atom. The summed E-state index contributed by atoms with van der Waals surface area (Å²) >= 11 is 1.59. The molecular weight excluding hydrogens is 296 g/mol. The minimum absolute atomic E-state index is 0.213. The summed E-state index contributed by atoms with van der Waals surface area (Å²) in [5, 5.41) is 6.13. The normalized spacial score (nSPS) is 11.4. The van der Waals surface area contributed by atoms with E-state index >= 15 is 0 Å². The zero-order valence-corrected chi connectivity index (χ0v) is 13.4. The topological polar surface area (TPSA) is 58.8 Å². The van der Waals surface area contributed by atoms with Crippen molar-refractivity contribution in [3.05, 3.63) is 57.9 Å². The molecule has 22 heavy (non-hydrogen) atoms. The third kappa shape index (κ3) is 2.53. The second-order valence-electron chi connectivity index (χ2n) is 5.09. The summed E-state index contributed by atoms with van der Waals surface area (Å²) in [7, 11) is 0. The molecule has 0 aliphatic carbocycles. The molecule has 2 heterocycles. The Labute approximate surface area is 132 Å². The molecule has 2 aromatic heterocycles. The number of aryl methyl sites for hydroxylation is 3. The highest BCUT2D eigenvalue weighted by atomic mass is 32.1. The number of benzene rings is 1. The molecule has 3 rings (SSSR count). The van der Waals surface area contributed by atoms with Crippen LogP contribution in [-0.4, -0.2) is 21.5 Å². The monoisotopic (exact) mass is 312 g/mol. The van der Waals surface area contributed by atoms with Gasteiger partial charge in [-0.05, 0) is 32.4 Å². The fraction of sp³-hybridized carbons (Fsp3) is 0.188. The molecule has 0 unspecified atom stereocenters. The molecule has 0 spiro atoms. The number of nitrogens with zero attached hydrogens (tertiary/aromatic N) is 3. The standard InChI is InChI=1S/C16H16N4OS/c1-10-6-4-5-7-13(10)15(21)19-17-8-14-12(3)18-16-20(14)11(2)9-22-16/h4-9H,1-3H3,(H,19,21)/b17-8-. The number of fused-ring (bicyclic) bond motifs is 1. The quantitative estimate of drug-likeness (QED) is 0.597. The number of thiazole rings is 1. The number of nitrogens with one attached hydrogen (secondary N) is 1. The van der Waals surface area contributed by atoms with Crippen molar-refractivity contribution in [2.45, 2.75) is 20.8 Å². The van der Waals surface area contributed by atoms with E-state index in [0.717, 1.165) is 27.6 Å². The first kappa shape index (κ1) is 14.5. The van der Waals surface area contributed by atoms with Gasteiger partial charge in [-0.15, -0.1) is 11.3 Å².